The number of carbonyl (C=O) groups is 2. The monoisotopic (exact) mass is 272 g/mol. The van der Waals surface area contributed by atoms with Crippen LogP contribution in [0, 0.1) is 6.92 Å². The van der Waals surface area contributed by atoms with Crippen LogP contribution in [0.25, 0.3) is 0 Å². The van der Waals surface area contributed by atoms with Crippen molar-refractivity contribution in [1.29, 1.82) is 0 Å². The smallest absolute Gasteiger partial charge is 0.355 e. The number of hydrogen-bond donors (Lipinski definition) is 2. The van der Waals surface area contributed by atoms with Crippen LogP contribution < -0.4 is 5.32 Å². The molecule has 1 amide bonds. The maximum absolute atomic E-state index is 11.9. The second kappa shape index (κ2) is 6.06. The molecular weight excluding hydrogens is 256 g/mol. The van der Waals surface area contributed by atoms with Gasteiger partial charge in [-0.1, -0.05) is 17.7 Å². The number of esters is 1. The van der Waals surface area contributed by atoms with Gasteiger partial charge in [0.2, 0.25) is 0 Å². The van der Waals surface area contributed by atoms with Gasteiger partial charge >= 0.3 is 5.97 Å². The van der Waals surface area contributed by atoms with E-state index in [1.54, 1.807) is 30.5 Å². The highest BCUT2D eigenvalue weighted by Gasteiger charge is 2.19. The molecule has 0 aliphatic carbocycles. The van der Waals surface area contributed by atoms with Gasteiger partial charge in [-0.3, -0.25) is 4.79 Å². The molecule has 0 unspecified atom stereocenters. The molecule has 0 saturated carbocycles. The van der Waals surface area contributed by atoms with E-state index in [4.69, 9.17) is 4.74 Å². The Hall–Kier alpha value is -2.56. The third kappa shape index (κ3) is 3.47. The van der Waals surface area contributed by atoms with Crippen LogP contribution in [0.15, 0.2) is 42.6 Å². The van der Waals surface area contributed by atoms with E-state index in [1.807, 2.05) is 19.1 Å². The molecule has 0 radical (unpaired) electrons. The number of carbonyl (C=O) groups excluding carboxylic acids is 2. The molecule has 0 saturated heterocycles. The largest absolute Gasteiger partial charge is 0.448 e. The van der Waals surface area contributed by atoms with Gasteiger partial charge < -0.3 is 15.0 Å². The van der Waals surface area contributed by atoms with Crippen LogP contribution >= 0.6 is 0 Å². The van der Waals surface area contributed by atoms with E-state index < -0.39 is 12.1 Å². The number of benzene rings is 1. The topological polar surface area (TPSA) is 71.2 Å². The quantitative estimate of drug-likeness (QED) is 0.840. The molecule has 5 heteroatoms. The van der Waals surface area contributed by atoms with E-state index in [9.17, 15) is 9.59 Å². The van der Waals surface area contributed by atoms with Crippen molar-refractivity contribution in [3.05, 3.63) is 53.9 Å². The zero-order chi connectivity index (χ0) is 14.5. The molecule has 0 spiro atoms. The summed E-state index contributed by atoms with van der Waals surface area (Å²) in [4.78, 5) is 26.3. The normalized spacial score (nSPS) is 11.7. The van der Waals surface area contributed by atoms with Crippen LogP contribution in [0.4, 0.5) is 5.69 Å². The average molecular weight is 272 g/mol. The number of aromatic amines is 1. The summed E-state index contributed by atoms with van der Waals surface area (Å²) in [7, 11) is 0. The summed E-state index contributed by atoms with van der Waals surface area (Å²) in [6, 6.07) is 10.7. The summed E-state index contributed by atoms with van der Waals surface area (Å²) in [6.07, 6.45) is 0.750. The first-order valence-electron chi connectivity index (χ1n) is 6.28. The summed E-state index contributed by atoms with van der Waals surface area (Å²) in [5.74, 6) is -0.921. The molecule has 1 atom stereocenters. The van der Waals surface area contributed by atoms with Crippen molar-refractivity contribution in [2.24, 2.45) is 0 Å². The van der Waals surface area contributed by atoms with Crippen molar-refractivity contribution in [1.82, 2.24) is 4.98 Å². The molecular formula is C15H16N2O3. The van der Waals surface area contributed by atoms with Crippen molar-refractivity contribution in [2.45, 2.75) is 20.0 Å². The van der Waals surface area contributed by atoms with Crippen LogP contribution in [-0.2, 0) is 9.53 Å². The second-order valence-electron chi connectivity index (χ2n) is 4.49. The SMILES string of the molecule is Cc1ccc(NC(=O)[C@H](C)OC(=O)c2ccc[nH]2)cc1. The van der Waals surface area contributed by atoms with Gasteiger partial charge in [0.05, 0.1) is 0 Å². The lowest BCUT2D eigenvalue weighted by Gasteiger charge is -2.13. The van der Waals surface area contributed by atoms with E-state index in [2.05, 4.69) is 10.3 Å². The van der Waals surface area contributed by atoms with Gasteiger partial charge in [-0.05, 0) is 38.1 Å². The number of nitrogens with one attached hydrogen (secondary N) is 2. The number of H-pyrrole nitrogens is 1. The van der Waals surface area contributed by atoms with Crippen LogP contribution in [0.2, 0.25) is 0 Å². The average Bonchev–Trinajstić information content (AvgIpc) is 2.95. The lowest BCUT2D eigenvalue weighted by Crippen LogP contribution is -2.30. The number of amides is 1. The highest BCUT2D eigenvalue weighted by atomic mass is 16.5. The zero-order valence-electron chi connectivity index (χ0n) is 11.3. The molecule has 104 valence electrons. The van der Waals surface area contributed by atoms with Crippen molar-refractivity contribution in [2.75, 3.05) is 5.32 Å². The minimum absolute atomic E-state index is 0.319. The van der Waals surface area contributed by atoms with E-state index in [0.29, 0.717) is 11.4 Å². The van der Waals surface area contributed by atoms with Crippen LogP contribution in [0.1, 0.15) is 23.0 Å². The van der Waals surface area contributed by atoms with Crippen LogP contribution in [0.3, 0.4) is 0 Å². The number of ether oxygens (including phenoxy) is 1. The molecule has 1 aromatic carbocycles. The Bertz CT molecular complexity index is 588. The van der Waals surface area contributed by atoms with Crippen molar-refractivity contribution >= 4 is 17.6 Å². The Morgan fingerprint density at radius 1 is 1.20 bits per heavy atom. The fraction of sp³-hybridized carbons (Fsp3) is 0.200. The first-order chi connectivity index (χ1) is 9.56. The third-order valence-corrected chi connectivity index (χ3v) is 2.79. The lowest BCUT2D eigenvalue weighted by atomic mass is 10.2. The molecule has 0 fully saturated rings. The summed E-state index contributed by atoms with van der Waals surface area (Å²) in [5, 5.41) is 2.69. The number of rotatable bonds is 4. The number of aryl methyl sites for hydroxylation is 1. The summed E-state index contributed by atoms with van der Waals surface area (Å²) >= 11 is 0. The predicted molar refractivity (Wildman–Crippen MR) is 75.5 cm³/mol. The van der Waals surface area contributed by atoms with Gasteiger partial charge in [0, 0.05) is 11.9 Å². The lowest BCUT2D eigenvalue weighted by molar-refractivity contribution is -0.123. The van der Waals surface area contributed by atoms with Gasteiger partial charge in [0.25, 0.3) is 5.91 Å². The fourth-order valence-electron chi connectivity index (χ4n) is 1.62. The van der Waals surface area contributed by atoms with Gasteiger partial charge in [-0.2, -0.15) is 0 Å². The molecule has 0 aliphatic heterocycles. The predicted octanol–water partition coefficient (Wildman–Crippen LogP) is 2.51. The van der Waals surface area contributed by atoms with Gasteiger partial charge in [-0.25, -0.2) is 4.79 Å². The van der Waals surface area contributed by atoms with E-state index in [-0.39, 0.29) is 5.91 Å². The molecule has 5 nitrogen and oxygen atoms in total. The molecule has 20 heavy (non-hydrogen) atoms. The minimum Gasteiger partial charge on any atom is -0.448 e. The van der Waals surface area contributed by atoms with Crippen molar-refractivity contribution in [3.8, 4) is 0 Å². The van der Waals surface area contributed by atoms with Crippen LogP contribution in [0.5, 0.6) is 0 Å². The Balaban J connectivity index is 1.92. The van der Waals surface area contributed by atoms with E-state index in [0.717, 1.165) is 5.56 Å². The third-order valence-electron chi connectivity index (χ3n) is 2.79. The highest BCUT2D eigenvalue weighted by molar-refractivity contribution is 5.96. The summed E-state index contributed by atoms with van der Waals surface area (Å²) < 4.78 is 5.07. The number of hydrogen-bond acceptors (Lipinski definition) is 3. The molecule has 1 heterocycles. The van der Waals surface area contributed by atoms with Crippen molar-refractivity contribution < 1.29 is 14.3 Å². The second-order valence-corrected chi connectivity index (χ2v) is 4.49. The van der Waals surface area contributed by atoms with Gasteiger partial charge in [-0.15, -0.1) is 0 Å². The molecule has 2 aromatic rings. The number of anilines is 1. The van der Waals surface area contributed by atoms with Gasteiger partial charge in [0.15, 0.2) is 6.10 Å². The van der Waals surface area contributed by atoms with Crippen molar-refractivity contribution in [3.63, 3.8) is 0 Å². The highest BCUT2D eigenvalue weighted by Crippen LogP contribution is 2.10. The first kappa shape index (κ1) is 13.9. The minimum atomic E-state index is -0.868. The molecule has 0 bridgehead atoms. The Kier molecular flexibility index (Phi) is 4.20. The Morgan fingerprint density at radius 2 is 1.90 bits per heavy atom. The standard InChI is InChI=1S/C15H16N2O3/c1-10-5-7-12(8-6-10)17-14(18)11(2)20-15(19)13-4-3-9-16-13/h3-9,11,16H,1-2H3,(H,17,18)/t11-/m0/s1. The van der Waals surface area contributed by atoms with E-state index >= 15 is 0 Å². The summed E-state index contributed by atoms with van der Waals surface area (Å²) in [5.41, 5.74) is 2.09. The molecule has 1 aromatic heterocycles. The zero-order valence-corrected chi connectivity index (χ0v) is 11.3. The maximum Gasteiger partial charge on any atom is 0.355 e. The maximum atomic E-state index is 11.9. The van der Waals surface area contributed by atoms with E-state index in [1.165, 1.54) is 6.92 Å². The van der Waals surface area contributed by atoms with Crippen LogP contribution in [-0.4, -0.2) is 23.0 Å². The Morgan fingerprint density at radius 3 is 2.50 bits per heavy atom. The molecule has 2 rings (SSSR count). The first-order valence-corrected chi connectivity index (χ1v) is 6.28. The fourth-order valence-corrected chi connectivity index (χ4v) is 1.62. The number of aromatic nitrogens is 1. The molecule has 2 N–H and O–H groups in total. The molecule has 0 aliphatic rings. The Labute approximate surface area is 117 Å². The summed E-state index contributed by atoms with van der Waals surface area (Å²) in [6.45, 7) is 3.50. The van der Waals surface area contributed by atoms with Gasteiger partial charge in [0.1, 0.15) is 5.69 Å².